The van der Waals surface area contributed by atoms with E-state index in [1.54, 1.807) is 0 Å². The molecular formula is C19H23N3O4. The van der Waals surface area contributed by atoms with Gasteiger partial charge < -0.3 is 20.1 Å². The van der Waals surface area contributed by atoms with Gasteiger partial charge >= 0.3 is 11.9 Å². The summed E-state index contributed by atoms with van der Waals surface area (Å²) in [6, 6.07) is 6.60. The summed E-state index contributed by atoms with van der Waals surface area (Å²) >= 11 is 0. The zero-order chi connectivity index (χ0) is 18.5. The molecule has 2 aromatic rings. The van der Waals surface area contributed by atoms with Gasteiger partial charge in [0.25, 0.3) is 0 Å². The highest BCUT2D eigenvalue weighted by molar-refractivity contribution is 5.89. The van der Waals surface area contributed by atoms with Crippen LogP contribution in [-0.4, -0.2) is 44.8 Å². The van der Waals surface area contributed by atoms with Crippen LogP contribution < -0.4 is 5.32 Å². The van der Waals surface area contributed by atoms with Crippen LogP contribution in [0.1, 0.15) is 36.6 Å². The van der Waals surface area contributed by atoms with Crippen molar-refractivity contribution in [2.24, 2.45) is 0 Å². The highest BCUT2D eigenvalue weighted by atomic mass is 16.4. The Kier molecular flexibility index (Phi) is 5.68. The second-order valence-corrected chi connectivity index (χ2v) is 6.54. The van der Waals surface area contributed by atoms with Gasteiger partial charge in [0.1, 0.15) is 5.82 Å². The Hall–Kier alpha value is -2.67. The maximum Gasteiger partial charge on any atom is 0.328 e. The number of hydrogen-bond acceptors (Lipinski definition) is 4. The van der Waals surface area contributed by atoms with Crippen molar-refractivity contribution in [1.82, 2.24) is 14.9 Å². The first-order chi connectivity index (χ1) is 12.6. The fourth-order valence-electron chi connectivity index (χ4n) is 3.67. The van der Waals surface area contributed by atoms with E-state index in [0.717, 1.165) is 19.6 Å². The molecule has 26 heavy (non-hydrogen) atoms. The molecule has 0 saturated carbocycles. The van der Waals surface area contributed by atoms with Gasteiger partial charge in [0.2, 0.25) is 0 Å². The lowest BCUT2D eigenvalue weighted by molar-refractivity contribution is -0.134. The maximum atomic E-state index is 9.55. The molecule has 138 valence electrons. The predicted octanol–water partition coefficient (Wildman–Crippen LogP) is 2.16. The van der Waals surface area contributed by atoms with Crippen molar-refractivity contribution in [3.8, 4) is 0 Å². The predicted molar refractivity (Wildman–Crippen MR) is 97.3 cm³/mol. The summed E-state index contributed by atoms with van der Waals surface area (Å²) in [6.45, 7) is 3.44. The Morgan fingerprint density at radius 3 is 2.50 bits per heavy atom. The second-order valence-electron chi connectivity index (χ2n) is 6.54. The summed E-state index contributed by atoms with van der Waals surface area (Å²) in [4.78, 5) is 24.1. The Bertz CT molecular complexity index is 819. The van der Waals surface area contributed by atoms with Gasteiger partial charge in [-0.15, -0.1) is 0 Å². The minimum absolute atomic E-state index is 0.558. The number of para-hydroxylation sites is 1. The zero-order valence-corrected chi connectivity index (χ0v) is 14.5. The summed E-state index contributed by atoms with van der Waals surface area (Å²) in [7, 11) is 0. The molecule has 0 bridgehead atoms. The lowest BCUT2D eigenvalue weighted by Gasteiger charge is -2.24. The quantitative estimate of drug-likeness (QED) is 0.727. The van der Waals surface area contributed by atoms with Crippen LogP contribution in [0.5, 0.6) is 0 Å². The molecule has 1 aromatic carbocycles. The van der Waals surface area contributed by atoms with Gasteiger partial charge in [-0.25, -0.2) is 14.6 Å². The first kappa shape index (κ1) is 18.1. The molecule has 2 aliphatic heterocycles. The van der Waals surface area contributed by atoms with Gasteiger partial charge in [-0.05, 0) is 50.4 Å². The van der Waals surface area contributed by atoms with Crippen molar-refractivity contribution in [2.45, 2.75) is 38.1 Å². The van der Waals surface area contributed by atoms with Crippen LogP contribution in [0.4, 0.5) is 0 Å². The van der Waals surface area contributed by atoms with Crippen molar-refractivity contribution in [3.63, 3.8) is 0 Å². The molecule has 4 rings (SSSR count). The minimum Gasteiger partial charge on any atom is -0.478 e. The van der Waals surface area contributed by atoms with Crippen LogP contribution in [0.25, 0.3) is 11.0 Å². The van der Waals surface area contributed by atoms with Gasteiger partial charge in [0.05, 0.1) is 11.0 Å². The van der Waals surface area contributed by atoms with Crippen molar-refractivity contribution in [3.05, 3.63) is 41.7 Å². The molecule has 2 aliphatic rings. The van der Waals surface area contributed by atoms with Crippen molar-refractivity contribution >= 4 is 23.0 Å². The average molecular weight is 357 g/mol. The molecule has 3 heterocycles. The van der Waals surface area contributed by atoms with E-state index in [-0.39, 0.29) is 0 Å². The molecule has 1 saturated heterocycles. The molecule has 0 aliphatic carbocycles. The number of rotatable bonds is 3. The van der Waals surface area contributed by atoms with E-state index < -0.39 is 11.9 Å². The van der Waals surface area contributed by atoms with Gasteiger partial charge in [-0.3, -0.25) is 0 Å². The first-order valence-electron chi connectivity index (χ1n) is 8.89. The van der Waals surface area contributed by atoms with Gasteiger partial charge in [-0.1, -0.05) is 12.1 Å². The summed E-state index contributed by atoms with van der Waals surface area (Å²) in [5.74, 6) is -0.511. The number of aromatic nitrogens is 2. The minimum atomic E-state index is -1.26. The average Bonchev–Trinajstić information content (AvgIpc) is 3.03. The molecule has 0 atom stereocenters. The van der Waals surface area contributed by atoms with Crippen molar-refractivity contribution in [1.29, 1.82) is 0 Å². The highest BCUT2D eigenvalue weighted by Crippen LogP contribution is 2.32. The summed E-state index contributed by atoms with van der Waals surface area (Å²) in [5.41, 5.74) is 4.12. The van der Waals surface area contributed by atoms with Crippen LogP contribution >= 0.6 is 0 Å². The summed E-state index contributed by atoms with van der Waals surface area (Å²) in [5, 5.41) is 19.1. The number of nitrogens with one attached hydrogen (secondary N) is 1. The molecule has 0 unspecified atom stereocenters. The standard InChI is InChI=1S/C15H19N3.C4H4O4/c1-3-11-4-2-10-18-14(11)13(5-1)17-15(18)12-6-8-16-9-7-12;5-3(6)1-2-4(7)8/h1,3,5,12,16H,2,4,6-10H2;1-2H,(H,5,6)(H,7,8)/b;2-1+. The van der Waals surface area contributed by atoms with Crippen LogP contribution in [0, 0.1) is 0 Å². The number of aliphatic carboxylic acids is 2. The van der Waals surface area contributed by atoms with Crippen LogP contribution in [0.3, 0.4) is 0 Å². The van der Waals surface area contributed by atoms with Crippen LogP contribution in [0.15, 0.2) is 30.4 Å². The number of hydrogen-bond donors (Lipinski definition) is 3. The smallest absolute Gasteiger partial charge is 0.328 e. The Morgan fingerprint density at radius 2 is 1.85 bits per heavy atom. The third-order valence-electron chi connectivity index (χ3n) is 4.78. The van der Waals surface area contributed by atoms with E-state index in [1.807, 2.05) is 0 Å². The number of carbonyl (C=O) groups is 2. The molecule has 0 radical (unpaired) electrons. The molecule has 7 heteroatoms. The summed E-state index contributed by atoms with van der Waals surface area (Å²) < 4.78 is 2.50. The molecule has 1 aromatic heterocycles. The number of aryl methyl sites for hydroxylation is 2. The van der Waals surface area contributed by atoms with E-state index in [4.69, 9.17) is 15.2 Å². The number of carboxylic acid groups (broad SMARTS) is 2. The molecule has 0 spiro atoms. The lowest BCUT2D eigenvalue weighted by Crippen LogP contribution is -2.28. The molecule has 1 fully saturated rings. The Balaban J connectivity index is 0.000000211. The Labute approximate surface area is 151 Å². The number of carboxylic acids is 2. The second kappa shape index (κ2) is 8.14. The van der Waals surface area contributed by atoms with E-state index >= 15 is 0 Å². The van der Waals surface area contributed by atoms with Gasteiger partial charge in [0.15, 0.2) is 0 Å². The molecule has 3 N–H and O–H groups in total. The van der Waals surface area contributed by atoms with Gasteiger partial charge in [0, 0.05) is 24.6 Å². The van der Waals surface area contributed by atoms with E-state index in [2.05, 4.69) is 28.1 Å². The van der Waals surface area contributed by atoms with E-state index in [1.165, 1.54) is 48.1 Å². The number of nitrogens with zero attached hydrogens (tertiary/aromatic N) is 2. The fraction of sp³-hybridized carbons (Fsp3) is 0.421. The van der Waals surface area contributed by atoms with E-state index in [9.17, 15) is 9.59 Å². The number of piperidine rings is 1. The van der Waals surface area contributed by atoms with Crippen LogP contribution in [0.2, 0.25) is 0 Å². The topological polar surface area (TPSA) is 104 Å². The molecule has 7 nitrogen and oxygen atoms in total. The number of benzene rings is 1. The molecular weight excluding hydrogens is 334 g/mol. The Morgan fingerprint density at radius 1 is 1.15 bits per heavy atom. The number of imidazole rings is 1. The lowest BCUT2D eigenvalue weighted by atomic mass is 9.97. The first-order valence-corrected chi connectivity index (χ1v) is 8.89. The normalized spacial score (nSPS) is 17.1. The SMILES string of the molecule is O=C(O)/C=C/C(=O)O.c1cc2c3c(c1)nc(C1CCNCC1)n3CCC2. The third-order valence-corrected chi connectivity index (χ3v) is 4.78. The van der Waals surface area contributed by atoms with E-state index in [0.29, 0.717) is 18.1 Å². The van der Waals surface area contributed by atoms with Gasteiger partial charge in [-0.2, -0.15) is 0 Å². The molecule has 0 amide bonds. The third kappa shape index (κ3) is 4.11. The summed E-state index contributed by atoms with van der Waals surface area (Å²) in [6.07, 6.45) is 6.07. The fourth-order valence-corrected chi connectivity index (χ4v) is 3.67. The monoisotopic (exact) mass is 357 g/mol. The van der Waals surface area contributed by atoms with Crippen LogP contribution in [-0.2, 0) is 22.6 Å². The maximum absolute atomic E-state index is 9.55. The highest BCUT2D eigenvalue weighted by Gasteiger charge is 2.24. The van der Waals surface area contributed by atoms with Crippen molar-refractivity contribution in [2.75, 3.05) is 13.1 Å². The van der Waals surface area contributed by atoms with Crippen molar-refractivity contribution < 1.29 is 19.8 Å². The largest absolute Gasteiger partial charge is 0.478 e. The zero-order valence-electron chi connectivity index (χ0n) is 14.5.